The van der Waals surface area contributed by atoms with Crippen molar-refractivity contribution in [3.8, 4) is 11.8 Å². The summed E-state index contributed by atoms with van der Waals surface area (Å²) in [5.41, 5.74) is 1.32. The zero-order chi connectivity index (χ0) is 16.8. The zero-order valence-corrected chi connectivity index (χ0v) is 13.1. The molecular weight excluding hydrogens is 316 g/mol. The maximum absolute atomic E-state index is 10.9. The Morgan fingerprint density at radius 2 is 2.17 bits per heavy atom. The SMILES string of the molecule is CCOc1ccc(Cl)cc1C=C(C#N)c1cccc([N+](=O)[O-])c1. The number of nitro benzene ring substituents is 1. The Hall–Kier alpha value is -2.84. The molecule has 2 rings (SSSR count). The number of benzene rings is 2. The molecule has 0 spiro atoms. The molecule has 0 amide bonds. The maximum atomic E-state index is 10.9. The highest BCUT2D eigenvalue weighted by molar-refractivity contribution is 6.30. The van der Waals surface area contributed by atoms with Crippen molar-refractivity contribution >= 4 is 28.9 Å². The Kier molecular flexibility index (Phi) is 5.34. The number of nitriles is 1. The molecular formula is C17H13ClN2O3. The second kappa shape index (κ2) is 7.43. The van der Waals surface area contributed by atoms with Gasteiger partial charge in [-0.15, -0.1) is 0 Å². The smallest absolute Gasteiger partial charge is 0.270 e. The van der Waals surface area contributed by atoms with Gasteiger partial charge in [0, 0.05) is 22.7 Å². The summed E-state index contributed by atoms with van der Waals surface area (Å²) < 4.78 is 5.51. The lowest BCUT2D eigenvalue weighted by Crippen LogP contribution is -1.94. The summed E-state index contributed by atoms with van der Waals surface area (Å²) in [4.78, 5) is 10.4. The average molecular weight is 329 g/mol. The number of ether oxygens (including phenoxy) is 1. The number of allylic oxidation sites excluding steroid dienone is 1. The first-order valence-electron chi connectivity index (χ1n) is 6.84. The first-order valence-corrected chi connectivity index (χ1v) is 7.22. The molecule has 5 nitrogen and oxygen atoms in total. The lowest BCUT2D eigenvalue weighted by atomic mass is 10.0. The van der Waals surface area contributed by atoms with Crippen LogP contribution in [-0.4, -0.2) is 11.5 Å². The van der Waals surface area contributed by atoms with Crippen molar-refractivity contribution in [1.29, 1.82) is 5.26 Å². The van der Waals surface area contributed by atoms with Gasteiger partial charge in [0.25, 0.3) is 5.69 Å². The van der Waals surface area contributed by atoms with Gasteiger partial charge in [-0.2, -0.15) is 5.26 Å². The van der Waals surface area contributed by atoms with Crippen LogP contribution in [0.15, 0.2) is 42.5 Å². The molecule has 0 atom stereocenters. The third kappa shape index (κ3) is 4.09. The standard InChI is InChI=1S/C17H13ClN2O3/c1-2-23-17-7-6-15(18)9-13(17)8-14(11-19)12-4-3-5-16(10-12)20(21)22/h3-10H,2H2,1H3. The molecule has 0 fully saturated rings. The number of nitrogens with zero attached hydrogens (tertiary/aromatic N) is 2. The highest BCUT2D eigenvalue weighted by Gasteiger charge is 2.10. The highest BCUT2D eigenvalue weighted by Crippen LogP contribution is 2.28. The largest absolute Gasteiger partial charge is 0.493 e. The van der Waals surface area contributed by atoms with E-state index in [1.807, 2.05) is 6.92 Å². The topological polar surface area (TPSA) is 76.2 Å². The normalized spacial score (nSPS) is 10.9. The summed E-state index contributed by atoms with van der Waals surface area (Å²) in [6.45, 7) is 2.33. The first kappa shape index (κ1) is 16.5. The van der Waals surface area contributed by atoms with Gasteiger partial charge in [-0.1, -0.05) is 23.7 Å². The van der Waals surface area contributed by atoms with E-state index >= 15 is 0 Å². The van der Waals surface area contributed by atoms with Gasteiger partial charge in [0.05, 0.1) is 23.2 Å². The Bertz CT molecular complexity index is 810. The minimum atomic E-state index is -0.497. The zero-order valence-electron chi connectivity index (χ0n) is 12.3. The monoisotopic (exact) mass is 328 g/mol. The Labute approximate surface area is 138 Å². The van der Waals surface area contributed by atoms with Crippen molar-refractivity contribution in [2.75, 3.05) is 6.61 Å². The molecule has 0 aromatic heterocycles. The Morgan fingerprint density at radius 3 is 2.83 bits per heavy atom. The molecule has 0 aliphatic carbocycles. The third-order valence-corrected chi connectivity index (χ3v) is 3.30. The van der Waals surface area contributed by atoms with Crippen molar-refractivity contribution in [2.45, 2.75) is 6.92 Å². The summed E-state index contributed by atoms with van der Waals surface area (Å²) in [7, 11) is 0. The average Bonchev–Trinajstić information content (AvgIpc) is 2.55. The van der Waals surface area contributed by atoms with Gasteiger partial charge in [0.2, 0.25) is 0 Å². The lowest BCUT2D eigenvalue weighted by molar-refractivity contribution is -0.384. The summed E-state index contributed by atoms with van der Waals surface area (Å²) in [6, 6.07) is 13.1. The van der Waals surface area contributed by atoms with Crippen molar-refractivity contribution in [1.82, 2.24) is 0 Å². The van der Waals surface area contributed by atoms with Gasteiger partial charge in [-0.25, -0.2) is 0 Å². The van der Waals surface area contributed by atoms with Crippen LogP contribution >= 0.6 is 11.6 Å². The van der Waals surface area contributed by atoms with Crippen LogP contribution in [0.3, 0.4) is 0 Å². The fraction of sp³-hybridized carbons (Fsp3) is 0.118. The van der Waals surface area contributed by atoms with E-state index in [0.717, 1.165) is 0 Å². The number of non-ortho nitro benzene ring substituents is 1. The van der Waals surface area contributed by atoms with E-state index in [0.29, 0.717) is 28.5 Å². The van der Waals surface area contributed by atoms with E-state index in [1.165, 1.54) is 12.1 Å². The second-order valence-electron chi connectivity index (χ2n) is 4.59. The summed E-state index contributed by atoms with van der Waals surface area (Å²) >= 11 is 6.00. The number of rotatable bonds is 5. The minimum absolute atomic E-state index is 0.0697. The van der Waals surface area contributed by atoms with Crippen LogP contribution in [0.1, 0.15) is 18.1 Å². The van der Waals surface area contributed by atoms with Crippen LogP contribution in [0.5, 0.6) is 5.75 Å². The van der Waals surface area contributed by atoms with Crippen molar-refractivity contribution in [2.24, 2.45) is 0 Å². The number of hydrogen-bond donors (Lipinski definition) is 0. The van der Waals surface area contributed by atoms with Gasteiger partial charge < -0.3 is 4.74 Å². The number of hydrogen-bond acceptors (Lipinski definition) is 4. The summed E-state index contributed by atoms with van der Waals surface area (Å²) in [5, 5.41) is 20.8. The van der Waals surface area contributed by atoms with Gasteiger partial charge in [0.1, 0.15) is 5.75 Å². The van der Waals surface area contributed by atoms with Crippen molar-refractivity contribution in [3.63, 3.8) is 0 Å². The van der Waals surface area contributed by atoms with Crippen LogP contribution in [0, 0.1) is 21.4 Å². The van der Waals surface area contributed by atoms with Crippen LogP contribution in [-0.2, 0) is 0 Å². The fourth-order valence-corrected chi connectivity index (χ4v) is 2.22. The van der Waals surface area contributed by atoms with E-state index in [2.05, 4.69) is 6.07 Å². The van der Waals surface area contributed by atoms with Crippen LogP contribution in [0.25, 0.3) is 11.6 Å². The Morgan fingerprint density at radius 1 is 1.39 bits per heavy atom. The molecule has 0 radical (unpaired) electrons. The highest BCUT2D eigenvalue weighted by atomic mass is 35.5. The van der Waals surface area contributed by atoms with Crippen LogP contribution in [0.2, 0.25) is 5.02 Å². The molecule has 116 valence electrons. The molecule has 0 bridgehead atoms. The van der Waals surface area contributed by atoms with E-state index in [9.17, 15) is 15.4 Å². The van der Waals surface area contributed by atoms with E-state index < -0.39 is 4.92 Å². The fourth-order valence-electron chi connectivity index (χ4n) is 2.04. The predicted molar refractivity (Wildman–Crippen MR) is 89.2 cm³/mol. The summed E-state index contributed by atoms with van der Waals surface area (Å²) in [6.07, 6.45) is 1.61. The molecule has 0 N–H and O–H groups in total. The number of halogens is 1. The molecule has 2 aromatic carbocycles. The molecule has 0 aliphatic heterocycles. The molecule has 2 aromatic rings. The Balaban J connectivity index is 2.51. The molecule has 6 heteroatoms. The van der Waals surface area contributed by atoms with Crippen molar-refractivity contribution in [3.05, 3.63) is 68.7 Å². The van der Waals surface area contributed by atoms with Gasteiger partial charge in [-0.05, 0) is 36.8 Å². The first-order chi connectivity index (χ1) is 11.0. The molecule has 0 saturated heterocycles. The lowest BCUT2D eigenvalue weighted by Gasteiger charge is -2.08. The number of nitro groups is 1. The van der Waals surface area contributed by atoms with Gasteiger partial charge in [-0.3, -0.25) is 10.1 Å². The molecule has 0 heterocycles. The minimum Gasteiger partial charge on any atom is -0.493 e. The third-order valence-electron chi connectivity index (χ3n) is 3.06. The van der Waals surface area contributed by atoms with E-state index in [1.54, 1.807) is 36.4 Å². The maximum Gasteiger partial charge on any atom is 0.270 e. The van der Waals surface area contributed by atoms with Gasteiger partial charge in [0.15, 0.2) is 0 Å². The predicted octanol–water partition coefficient (Wildman–Crippen LogP) is 4.71. The van der Waals surface area contributed by atoms with Crippen LogP contribution < -0.4 is 4.74 Å². The van der Waals surface area contributed by atoms with E-state index in [4.69, 9.17) is 16.3 Å². The quantitative estimate of drug-likeness (QED) is 0.344. The second-order valence-corrected chi connectivity index (χ2v) is 5.03. The molecule has 0 saturated carbocycles. The summed E-state index contributed by atoms with van der Waals surface area (Å²) in [5.74, 6) is 0.593. The van der Waals surface area contributed by atoms with Crippen molar-refractivity contribution < 1.29 is 9.66 Å². The molecule has 0 aliphatic rings. The van der Waals surface area contributed by atoms with E-state index in [-0.39, 0.29) is 11.3 Å². The van der Waals surface area contributed by atoms with Crippen LogP contribution in [0.4, 0.5) is 5.69 Å². The molecule has 0 unspecified atom stereocenters. The molecule has 23 heavy (non-hydrogen) atoms. The van der Waals surface area contributed by atoms with Gasteiger partial charge >= 0.3 is 0 Å².